The van der Waals surface area contributed by atoms with Gasteiger partial charge in [0.2, 0.25) is 11.7 Å². The Hall–Kier alpha value is -1.83. The van der Waals surface area contributed by atoms with Crippen molar-refractivity contribution in [1.82, 2.24) is 0 Å². The number of nitrogens with zero attached hydrogens (tertiary/aromatic N) is 2. The van der Waals surface area contributed by atoms with Crippen molar-refractivity contribution >= 4 is 35.6 Å². The molecule has 1 unspecified atom stereocenters. The summed E-state index contributed by atoms with van der Waals surface area (Å²) >= 11 is 4.17. The van der Waals surface area contributed by atoms with Gasteiger partial charge in [0.1, 0.15) is 0 Å². The number of nitro benzene ring substituents is 1. The first-order valence-electron chi connectivity index (χ1n) is 5.12. The number of nitro groups is 1. The Morgan fingerprint density at radius 1 is 1.56 bits per heavy atom. The highest BCUT2D eigenvalue weighted by atomic mass is 32.1. The summed E-state index contributed by atoms with van der Waals surface area (Å²) in [4.78, 5) is 22.6. The molecule has 2 rings (SSSR count). The van der Waals surface area contributed by atoms with Crippen LogP contribution in [0.25, 0.3) is 0 Å². The van der Waals surface area contributed by atoms with E-state index in [1.54, 1.807) is 0 Å². The number of benzene rings is 1. The molecule has 1 atom stereocenters. The normalized spacial score (nSPS) is 19.3. The highest BCUT2D eigenvalue weighted by Gasteiger charge is 2.31. The number of rotatable bonds is 2. The molecule has 0 aromatic heterocycles. The Balaban J connectivity index is 2.44. The van der Waals surface area contributed by atoms with E-state index in [4.69, 9.17) is 5.73 Å². The van der Waals surface area contributed by atoms with Crippen molar-refractivity contribution in [2.24, 2.45) is 0 Å². The summed E-state index contributed by atoms with van der Waals surface area (Å²) in [7, 11) is 0. The van der Waals surface area contributed by atoms with Crippen LogP contribution in [0.15, 0.2) is 12.1 Å². The number of carbonyl (C=O) groups excluding carboxylic acids is 1. The lowest BCUT2D eigenvalue weighted by molar-refractivity contribution is -0.387. The molecule has 96 valence electrons. The van der Waals surface area contributed by atoms with Gasteiger partial charge in [-0.2, -0.15) is 17.0 Å². The third kappa shape index (κ3) is 2.10. The zero-order valence-corrected chi connectivity index (χ0v) is 10.1. The predicted molar refractivity (Wildman–Crippen MR) is 67.2 cm³/mol. The van der Waals surface area contributed by atoms with Gasteiger partial charge in [0.25, 0.3) is 0 Å². The molecule has 0 spiro atoms. The average Bonchev–Trinajstić information content (AvgIpc) is 2.60. The standard InChI is InChI=1S/C10H10FN3O3S/c11-6-2-9(7(12)3-8(6)14(16)17)13-4-5(18)1-10(13)15/h2-3,5,18H,1,4,12H2. The molecule has 1 aromatic carbocycles. The maximum absolute atomic E-state index is 13.5. The molecular formula is C10H10FN3O3S. The van der Waals surface area contributed by atoms with Gasteiger partial charge in [0, 0.05) is 30.3 Å². The highest BCUT2D eigenvalue weighted by Crippen LogP contribution is 2.33. The largest absolute Gasteiger partial charge is 0.397 e. The predicted octanol–water partition coefficient (Wildman–Crippen LogP) is 1.35. The van der Waals surface area contributed by atoms with Crippen LogP contribution in [0.5, 0.6) is 0 Å². The van der Waals surface area contributed by atoms with Crippen LogP contribution in [-0.4, -0.2) is 22.6 Å². The third-order valence-electron chi connectivity index (χ3n) is 2.69. The van der Waals surface area contributed by atoms with E-state index >= 15 is 0 Å². The second kappa shape index (κ2) is 4.45. The minimum atomic E-state index is -1.01. The van der Waals surface area contributed by atoms with E-state index in [-0.39, 0.29) is 29.0 Å². The lowest BCUT2D eigenvalue weighted by atomic mass is 10.2. The number of nitrogen functional groups attached to an aromatic ring is 1. The van der Waals surface area contributed by atoms with E-state index in [1.807, 2.05) is 0 Å². The summed E-state index contributed by atoms with van der Waals surface area (Å²) in [5.41, 5.74) is 5.07. The van der Waals surface area contributed by atoms with Crippen LogP contribution in [0.2, 0.25) is 0 Å². The van der Waals surface area contributed by atoms with Crippen molar-refractivity contribution < 1.29 is 14.1 Å². The van der Waals surface area contributed by atoms with Crippen LogP contribution in [0.3, 0.4) is 0 Å². The topological polar surface area (TPSA) is 89.5 Å². The van der Waals surface area contributed by atoms with E-state index in [2.05, 4.69) is 12.6 Å². The van der Waals surface area contributed by atoms with Crippen molar-refractivity contribution in [2.45, 2.75) is 11.7 Å². The maximum atomic E-state index is 13.5. The van der Waals surface area contributed by atoms with Gasteiger partial charge < -0.3 is 10.6 Å². The fourth-order valence-electron chi connectivity index (χ4n) is 1.86. The van der Waals surface area contributed by atoms with Gasteiger partial charge in [-0.25, -0.2) is 0 Å². The Kier molecular flexibility index (Phi) is 3.12. The summed E-state index contributed by atoms with van der Waals surface area (Å²) in [5.74, 6) is -1.24. The monoisotopic (exact) mass is 271 g/mol. The lowest BCUT2D eigenvalue weighted by Gasteiger charge is -2.18. The summed E-state index contributed by atoms with van der Waals surface area (Å²) in [5, 5.41) is 10.4. The highest BCUT2D eigenvalue weighted by molar-refractivity contribution is 7.81. The molecule has 8 heteroatoms. The van der Waals surface area contributed by atoms with E-state index < -0.39 is 16.4 Å². The Bertz CT molecular complexity index is 537. The van der Waals surface area contributed by atoms with Crippen molar-refractivity contribution in [2.75, 3.05) is 17.2 Å². The first-order valence-corrected chi connectivity index (χ1v) is 5.63. The molecule has 1 aromatic rings. The number of halogens is 1. The Labute approximate surface area is 107 Å². The molecule has 1 aliphatic rings. The molecule has 1 aliphatic heterocycles. The quantitative estimate of drug-likeness (QED) is 0.368. The van der Waals surface area contributed by atoms with Crippen molar-refractivity contribution in [3.63, 3.8) is 0 Å². The molecule has 18 heavy (non-hydrogen) atoms. The number of hydrogen-bond donors (Lipinski definition) is 2. The fourth-order valence-corrected chi connectivity index (χ4v) is 2.18. The van der Waals surface area contributed by atoms with E-state index in [0.717, 1.165) is 12.1 Å². The van der Waals surface area contributed by atoms with Crippen LogP contribution in [-0.2, 0) is 4.79 Å². The van der Waals surface area contributed by atoms with Crippen LogP contribution in [0.1, 0.15) is 6.42 Å². The van der Waals surface area contributed by atoms with E-state index in [1.165, 1.54) is 4.90 Å². The van der Waals surface area contributed by atoms with Gasteiger partial charge in [-0.3, -0.25) is 14.9 Å². The first kappa shape index (κ1) is 12.6. The smallest absolute Gasteiger partial charge is 0.306 e. The Morgan fingerprint density at radius 3 is 2.72 bits per heavy atom. The number of carbonyl (C=O) groups is 1. The number of anilines is 2. The van der Waals surface area contributed by atoms with E-state index in [9.17, 15) is 19.3 Å². The molecular weight excluding hydrogens is 261 g/mol. The lowest BCUT2D eigenvalue weighted by Crippen LogP contribution is -2.25. The van der Waals surface area contributed by atoms with Crippen LogP contribution in [0, 0.1) is 15.9 Å². The zero-order valence-electron chi connectivity index (χ0n) is 9.17. The van der Waals surface area contributed by atoms with Gasteiger partial charge in [-0.05, 0) is 0 Å². The van der Waals surface area contributed by atoms with Crippen molar-refractivity contribution in [1.29, 1.82) is 0 Å². The molecule has 1 saturated heterocycles. The molecule has 6 nitrogen and oxygen atoms in total. The Morgan fingerprint density at radius 2 is 2.22 bits per heavy atom. The minimum Gasteiger partial charge on any atom is -0.397 e. The summed E-state index contributed by atoms with van der Waals surface area (Å²) in [6.07, 6.45) is 0.237. The van der Waals surface area contributed by atoms with Crippen molar-refractivity contribution in [3.8, 4) is 0 Å². The van der Waals surface area contributed by atoms with Gasteiger partial charge in [-0.15, -0.1) is 0 Å². The van der Waals surface area contributed by atoms with Crippen LogP contribution >= 0.6 is 12.6 Å². The molecule has 2 N–H and O–H groups in total. The van der Waals surface area contributed by atoms with Gasteiger partial charge in [0.15, 0.2) is 0 Å². The summed E-state index contributed by atoms with van der Waals surface area (Å²) in [6, 6.07) is 1.83. The van der Waals surface area contributed by atoms with Gasteiger partial charge in [0.05, 0.1) is 16.3 Å². The van der Waals surface area contributed by atoms with Crippen molar-refractivity contribution in [3.05, 3.63) is 28.1 Å². The molecule has 1 amide bonds. The number of hydrogen-bond acceptors (Lipinski definition) is 5. The van der Waals surface area contributed by atoms with Crippen LogP contribution in [0.4, 0.5) is 21.5 Å². The fraction of sp³-hybridized carbons (Fsp3) is 0.300. The molecule has 0 saturated carbocycles. The molecule has 1 heterocycles. The second-order valence-corrected chi connectivity index (χ2v) is 4.71. The number of thiol groups is 1. The maximum Gasteiger partial charge on any atom is 0.306 e. The summed E-state index contributed by atoms with van der Waals surface area (Å²) in [6.45, 7) is 0.309. The SMILES string of the molecule is Nc1cc([N+](=O)[O-])c(F)cc1N1CC(S)CC1=O. The molecule has 0 radical (unpaired) electrons. The molecule has 0 bridgehead atoms. The summed E-state index contributed by atoms with van der Waals surface area (Å²) < 4.78 is 13.5. The molecule has 1 fully saturated rings. The third-order valence-corrected chi connectivity index (χ3v) is 3.03. The van der Waals surface area contributed by atoms with Gasteiger partial charge >= 0.3 is 5.69 Å². The van der Waals surface area contributed by atoms with Gasteiger partial charge in [-0.1, -0.05) is 0 Å². The number of amides is 1. The molecule has 0 aliphatic carbocycles. The number of nitrogens with two attached hydrogens (primary N) is 1. The van der Waals surface area contributed by atoms with Crippen LogP contribution < -0.4 is 10.6 Å². The van der Waals surface area contributed by atoms with E-state index in [0.29, 0.717) is 6.54 Å². The first-order chi connectivity index (χ1) is 8.40. The second-order valence-electron chi connectivity index (χ2n) is 3.98. The minimum absolute atomic E-state index is 0.00103. The average molecular weight is 271 g/mol. The zero-order chi connectivity index (χ0) is 13.4.